The molecule has 3 heterocycles. The standard InChI is InChI=1S/C30H36FN5O4/c1-19(28-33-23-11-7-10-22(31)27(23)35-28)32-30(39)24(34-29(38)21-13-16-40-17-14-21)18-26(37)36-15-6-5-12-25(36)20-8-3-2-4-9-20/h2-4,7-11,19,21,24-25H,5-6,12-18H2,1H3,(H,32,39)(H,33,35)(H,34,38)/t19-,24-,25-/m0/s1. The van der Waals surface area contributed by atoms with Crippen molar-refractivity contribution in [1.82, 2.24) is 25.5 Å². The molecule has 40 heavy (non-hydrogen) atoms. The van der Waals surface area contributed by atoms with Crippen LogP contribution < -0.4 is 10.6 Å². The maximum atomic E-state index is 14.2. The van der Waals surface area contributed by atoms with E-state index in [2.05, 4.69) is 20.6 Å². The summed E-state index contributed by atoms with van der Waals surface area (Å²) in [5, 5.41) is 5.73. The third-order valence-electron chi connectivity index (χ3n) is 7.87. The molecule has 2 aliphatic rings. The smallest absolute Gasteiger partial charge is 0.243 e. The molecule has 3 atom stereocenters. The Morgan fingerprint density at radius 1 is 1.05 bits per heavy atom. The predicted octanol–water partition coefficient (Wildman–Crippen LogP) is 3.93. The number of rotatable bonds is 8. The number of ether oxygens (including phenoxy) is 1. The van der Waals surface area contributed by atoms with E-state index in [4.69, 9.17) is 4.74 Å². The fourth-order valence-corrected chi connectivity index (χ4v) is 5.61. The first-order valence-corrected chi connectivity index (χ1v) is 14.1. The number of H-pyrrole nitrogens is 1. The molecule has 0 saturated carbocycles. The first kappa shape index (κ1) is 27.8. The number of imidazole rings is 1. The molecule has 0 radical (unpaired) electrons. The Bertz CT molecular complexity index is 1340. The third kappa shape index (κ3) is 6.33. The van der Waals surface area contributed by atoms with E-state index >= 15 is 0 Å². The summed E-state index contributed by atoms with van der Waals surface area (Å²) in [4.78, 5) is 49.6. The van der Waals surface area contributed by atoms with E-state index in [1.165, 1.54) is 6.07 Å². The maximum absolute atomic E-state index is 14.2. The van der Waals surface area contributed by atoms with E-state index in [1.54, 1.807) is 19.1 Å². The first-order valence-electron chi connectivity index (χ1n) is 14.1. The molecule has 0 unspecified atom stereocenters. The van der Waals surface area contributed by atoms with Crippen LogP contribution in [0.3, 0.4) is 0 Å². The van der Waals surface area contributed by atoms with Gasteiger partial charge in [-0.3, -0.25) is 14.4 Å². The summed E-state index contributed by atoms with van der Waals surface area (Å²) in [5.74, 6) is -1.25. The summed E-state index contributed by atoms with van der Waals surface area (Å²) in [7, 11) is 0. The summed E-state index contributed by atoms with van der Waals surface area (Å²) in [5.41, 5.74) is 1.77. The summed E-state index contributed by atoms with van der Waals surface area (Å²) in [6.45, 7) is 3.30. The number of fused-ring (bicyclic) bond motifs is 1. The minimum atomic E-state index is -1.07. The zero-order valence-electron chi connectivity index (χ0n) is 22.7. The number of hydrogen-bond donors (Lipinski definition) is 3. The SMILES string of the molecule is C[C@H](NC(=O)[C@H](CC(=O)N1CCCC[C@H]1c1ccccc1)NC(=O)C1CCOCC1)c1nc2cccc(F)c2[nH]1. The van der Waals surface area contributed by atoms with E-state index in [9.17, 15) is 18.8 Å². The van der Waals surface area contributed by atoms with E-state index in [0.29, 0.717) is 43.9 Å². The molecule has 1 aromatic heterocycles. The molecule has 0 aliphatic carbocycles. The minimum absolute atomic E-state index is 0.0678. The number of nitrogens with zero attached hydrogens (tertiary/aromatic N) is 2. The van der Waals surface area contributed by atoms with Gasteiger partial charge < -0.3 is 25.3 Å². The van der Waals surface area contributed by atoms with Gasteiger partial charge in [-0.15, -0.1) is 0 Å². The molecule has 2 aromatic carbocycles. The lowest BCUT2D eigenvalue weighted by molar-refractivity contribution is -0.140. The summed E-state index contributed by atoms with van der Waals surface area (Å²) in [6, 6.07) is 12.8. The van der Waals surface area contributed by atoms with Crippen molar-refractivity contribution >= 4 is 28.8 Å². The second kappa shape index (κ2) is 12.6. The lowest BCUT2D eigenvalue weighted by Gasteiger charge is -2.37. The van der Waals surface area contributed by atoms with Gasteiger partial charge in [-0.25, -0.2) is 9.37 Å². The molecule has 212 valence electrons. The van der Waals surface area contributed by atoms with Gasteiger partial charge in [0.2, 0.25) is 17.7 Å². The van der Waals surface area contributed by atoms with E-state index in [0.717, 1.165) is 24.8 Å². The highest BCUT2D eigenvalue weighted by Gasteiger charge is 2.34. The molecule has 0 bridgehead atoms. The number of amides is 3. The Morgan fingerprint density at radius 3 is 2.58 bits per heavy atom. The number of para-hydroxylation sites is 1. The van der Waals surface area contributed by atoms with Crippen LogP contribution in [-0.4, -0.2) is 58.4 Å². The van der Waals surface area contributed by atoms with Crippen LogP contribution in [0.5, 0.6) is 0 Å². The van der Waals surface area contributed by atoms with Crippen LogP contribution in [0, 0.1) is 11.7 Å². The quantitative estimate of drug-likeness (QED) is 0.394. The number of aromatic amines is 1. The molecule has 2 saturated heterocycles. The summed E-state index contributed by atoms with van der Waals surface area (Å²) >= 11 is 0. The Hall–Kier alpha value is -3.79. The van der Waals surface area contributed by atoms with Crippen LogP contribution >= 0.6 is 0 Å². The first-order chi connectivity index (χ1) is 19.4. The zero-order valence-corrected chi connectivity index (χ0v) is 22.7. The molecule has 9 nitrogen and oxygen atoms in total. The van der Waals surface area contributed by atoms with Crippen molar-refractivity contribution in [2.75, 3.05) is 19.8 Å². The van der Waals surface area contributed by atoms with Crippen LogP contribution in [-0.2, 0) is 19.1 Å². The summed E-state index contributed by atoms with van der Waals surface area (Å²) in [6.07, 6.45) is 3.73. The topological polar surface area (TPSA) is 116 Å². The number of benzene rings is 2. The predicted molar refractivity (Wildman–Crippen MR) is 147 cm³/mol. The van der Waals surface area contributed by atoms with Gasteiger partial charge in [-0.05, 0) is 56.7 Å². The van der Waals surface area contributed by atoms with Crippen LogP contribution in [0.15, 0.2) is 48.5 Å². The van der Waals surface area contributed by atoms with Crippen molar-refractivity contribution in [2.45, 2.75) is 63.6 Å². The van der Waals surface area contributed by atoms with Crippen molar-refractivity contribution < 1.29 is 23.5 Å². The van der Waals surface area contributed by atoms with Crippen LogP contribution in [0.25, 0.3) is 11.0 Å². The second-order valence-corrected chi connectivity index (χ2v) is 10.6. The van der Waals surface area contributed by atoms with Crippen LogP contribution in [0.2, 0.25) is 0 Å². The number of likely N-dealkylation sites (tertiary alicyclic amines) is 1. The lowest BCUT2D eigenvalue weighted by atomic mass is 9.94. The fourth-order valence-electron chi connectivity index (χ4n) is 5.61. The molecule has 3 N–H and O–H groups in total. The van der Waals surface area contributed by atoms with E-state index in [-0.39, 0.29) is 35.7 Å². The zero-order chi connectivity index (χ0) is 28.1. The van der Waals surface area contributed by atoms with Crippen LogP contribution in [0.1, 0.15) is 68.9 Å². The van der Waals surface area contributed by atoms with Crippen molar-refractivity contribution in [3.63, 3.8) is 0 Å². The van der Waals surface area contributed by atoms with Gasteiger partial charge in [0.1, 0.15) is 23.2 Å². The Kier molecular flexibility index (Phi) is 8.74. The van der Waals surface area contributed by atoms with E-state index in [1.807, 2.05) is 35.2 Å². The molecular formula is C30H36FN5O4. The fraction of sp³-hybridized carbons (Fsp3) is 0.467. The van der Waals surface area contributed by atoms with Gasteiger partial charge in [-0.1, -0.05) is 36.4 Å². The molecule has 0 spiro atoms. The Balaban J connectivity index is 1.33. The molecule has 10 heteroatoms. The largest absolute Gasteiger partial charge is 0.381 e. The average molecular weight is 550 g/mol. The highest BCUT2D eigenvalue weighted by atomic mass is 19.1. The van der Waals surface area contributed by atoms with Gasteiger partial charge in [0.25, 0.3) is 0 Å². The molecule has 5 rings (SSSR count). The van der Waals surface area contributed by atoms with Crippen molar-refractivity contribution in [3.8, 4) is 0 Å². The van der Waals surface area contributed by atoms with Gasteiger partial charge in [-0.2, -0.15) is 0 Å². The normalized spacial score (nSPS) is 19.6. The third-order valence-corrected chi connectivity index (χ3v) is 7.87. The van der Waals surface area contributed by atoms with Gasteiger partial charge >= 0.3 is 0 Å². The van der Waals surface area contributed by atoms with Gasteiger partial charge in [0, 0.05) is 25.7 Å². The molecule has 2 aliphatic heterocycles. The number of aromatic nitrogens is 2. The van der Waals surface area contributed by atoms with Crippen molar-refractivity contribution in [1.29, 1.82) is 0 Å². The number of carbonyl (C=O) groups excluding carboxylic acids is 3. The average Bonchev–Trinajstić information content (AvgIpc) is 3.44. The number of hydrogen-bond acceptors (Lipinski definition) is 5. The molecular weight excluding hydrogens is 513 g/mol. The van der Waals surface area contributed by atoms with Gasteiger partial charge in [0.05, 0.1) is 24.0 Å². The molecule has 3 aromatic rings. The summed E-state index contributed by atoms with van der Waals surface area (Å²) < 4.78 is 19.6. The highest BCUT2D eigenvalue weighted by Crippen LogP contribution is 2.31. The van der Waals surface area contributed by atoms with E-state index < -0.39 is 23.8 Å². The Labute approximate surface area is 232 Å². The number of carbonyl (C=O) groups is 3. The number of nitrogens with one attached hydrogen (secondary N) is 3. The lowest BCUT2D eigenvalue weighted by Crippen LogP contribution is -2.52. The van der Waals surface area contributed by atoms with Gasteiger partial charge in [0.15, 0.2) is 0 Å². The second-order valence-electron chi connectivity index (χ2n) is 10.6. The number of halogens is 1. The maximum Gasteiger partial charge on any atom is 0.243 e. The van der Waals surface area contributed by atoms with Crippen molar-refractivity contribution in [2.24, 2.45) is 5.92 Å². The monoisotopic (exact) mass is 549 g/mol. The number of piperidine rings is 1. The van der Waals surface area contributed by atoms with Crippen LogP contribution in [0.4, 0.5) is 4.39 Å². The highest BCUT2D eigenvalue weighted by molar-refractivity contribution is 5.93. The van der Waals surface area contributed by atoms with Crippen molar-refractivity contribution in [3.05, 3.63) is 65.7 Å². The molecule has 3 amide bonds. The molecule has 2 fully saturated rings. The minimum Gasteiger partial charge on any atom is -0.381 e. The Morgan fingerprint density at radius 2 is 1.82 bits per heavy atom.